The van der Waals surface area contributed by atoms with Gasteiger partial charge < -0.3 is 28.5 Å². The molecule has 2 aliphatic rings. The molecule has 3 rings (SSSR count). The Kier molecular flexibility index (Phi) is 11.0. The second-order valence-corrected chi connectivity index (χ2v) is 19.7. The van der Waals surface area contributed by atoms with E-state index >= 15 is 0 Å². The van der Waals surface area contributed by atoms with Crippen molar-refractivity contribution in [1.82, 2.24) is 0 Å². The van der Waals surface area contributed by atoms with Gasteiger partial charge in [0.05, 0.1) is 5.69 Å². The monoisotopic (exact) mass is 643 g/mol. The highest BCUT2D eigenvalue weighted by atomic mass is 28.4. The first-order valence-corrected chi connectivity index (χ1v) is 18.8. The fourth-order valence-corrected chi connectivity index (χ4v) is 5.77. The number of aliphatic hydroxyl groups excluding tert-OH is 1. The highest BCUT2D eigenvalue weighted by Crippen LogP contribution is 2.41. The molecule has 10 heteroatoms. The summed E-state index contributed by atoms with van der Waals surface area (Å²) in [6.45, 7) is 25.5. The maximum Gasteiger partial charge on any atom is 0.414 e. The average molecular weight is 644 g/mol. The van der Waals surface area contributed by atoms with Gasteiger partial charge in [-0.15, -0.1) is 0 Å². The van der Waals surface area contributed by atoms with Crippen LogP contribution in [0.15, 0.2) is 24.3 Å². The van der Waals surface area contributed by atoms with Crippen molar-refractivity contribution in [3.05, 3.63) is 35.4 Å². The Morgan fingerprint density at radius 1 is 1.11 bits per heavy atom. The molecular formula is C35H53NO8Si. The number of hydrogen-bond donors (Lipinski definition) is 1. The van der Waals surface area contributed by atoms with Crippen molar-refractivity contribution in [1.29, 1.82) is 0 Å². The number of hydrogen-bond acceptors (Lipinski definition) is 8. The predicted octanol–water partition coefficient (Wildman–Crippen LogP) is 7.21. The van der Waals surface area contributed by atoms with Crippen LogP contribution in [0.4, 0.5) is 10.5 Å². The van der Waals surface area contributed by atoms with Crippen LogP contribution >= 0.6 is 0 Å². The van der Waals surface area contributed by atoms with Crippen LogP contribution in [0.5, 0.6) is 5.75 Å². The van der Waals surface area contributed by atoms with Gasteiger partial charge in [0.1, 0.15) is 41.3 Å². The molecule has 1 fully saturated rings. The highest BCUT2D eigenvalue weighted by molar-refractivity contribution is 6.74. The lowest BCUT2D eigenvalue weighted by atomic mass is 9.99. The number of carbonyl (C=O) groups is 2. The Hall–Kier alpha value is -2.84. The van der Waals surface area contributed by atoms with E-state index in [4.69, 9.17) is 23.4 Å². The number of rotatable bonds is 4. The molecule has 1 amide bonds. The Morgan fingerprint density at radius 2 is 1.76 bits per heavy atom. The zero-order chi connectivity index (χ0) is 34.1. The molecule has 0 radical (unpaired) electrons. The summed E-state index contributed by atoms with van der Waals surface area (Å²) in [5, 5.41) is 10.8. The lowest BCUT2D eigenvalue weighted by Gasteiger charge is -2.37. The van der Waals surface area contributed by atoms with Crippen molar-refractivity contribution in [2.24, 2.45) is 5.92 Å². The van der Waals surface area contributed by atoms with Gasteiger partial charge in [0.15, 0.2) is 5.79 Å². The number of fused-ring (bicyclic) bond motifs is 2. The topological polar surface area (TPSA) is 104 Å². The summed E-state index contributed by atoms with van der Waals surface area (Å²) in [5.41, 5.74) is 0.344. The van der Waals surface area contributed by atoms with E-state index in [1.54, 1.807) is 32.1 Å². The molecular weight excluding hydrogens is 590 g/mol. The van der Waals surface area contributed by atoms with Gasteiger partial charge in [-0.3, -0.25) is 4.90 Å². The quantitative estimate of drug-likeness (QED) is 0.159. The number of carbonyl (C=O) groups excluding carboxylic acids is 2. The molecule has 0 saturated carbocycles. The lowest BCUT2D eigenvalue weighted by Crippen LogP contribution is -2.44. The number of aliphatic hydroxyl groups is 1. The molecule has 1 N–H and O–H groups in total. The number of cyclic esters (lactones) is 1. The van der Waals surface area contributed by atoms with Gasteiger partial charge in [-0.25, -0.2) is 9.59 Å². The van der Waals surface area contributed by atoms with Crippen LogP contribution in [0, 0.1) is 17.8 Å². The standard InChI is InChI=1S/C35H53NO8Si/c1-14-36(32(39)43-33(4,5)6)25-20-24-16-15-17-27-30(42-35(10,11)41-27)26(37)19-18-22(2)23(3)40-31(38)29(24)28(21-25)44-45(12,13)34(7,8)9/h18-23,26-27,30,37H,14,17H2,1-13H3/b19-18-/t22-,23?,26-,27?,30-/m1/s1. The molecule has 0 aromatic heterocycles. The van der Waals surface area contributed by atoms with Crippen molar-refractivity contribution in [3.63, 3.8) is 0 Å². The average Bonchev–Trinajstić information content (AvgIpc) is 3.19. The van der Waals surface area contributed by atoms with Gasteiger partial charge in [0.25, 0.3) is 8.32 Å². The van der Waals surface area contributed by atoms with Crippen LogP contribution in [0.3, 0.4) is 0 Å². The number of esters is 1. The molecule has 45 heavy (non-hydrogen) atoms. The number of anilines is 1. The largest absolute Gasteiger partial charge is 0.543 e. The Bertz CT molecular complexity index is 1340. The van der Waals surface area contributed by atoms with Crippen LogP contribution in [0.2, 0.25) is 18.1 Å². The van der Waals surface area contributed by atoms with Crippen molar-refractivity contribution in [2.75, 3.05) is 11.4 Å². The molecule has 1 saturated heterocycles. The zero-order valence-electron chi connectivity index (χ0n) is 29.4. The van der Waals surface area contributed by atoms with Crippen LogP contribution in [-0.4, -0.2) is 67.8 Å². The van der Waals surface area contributed by atoms with Crippen LogP contribution in [-0.2, 0) is 18.9 Å². The first-order chi connectivity index (χ1) is 20.5. The van der Waals surface area contributed by atoms with Gasteiger partial charge in [-0.2, -0.15) is 0 Å². The molecule has 0 spiro atoms. The first-order valence-electron chi connectivity index (χ1n) is 15.8. The zero-order valence-corrected chi connectivity index (χ0v) is 30.4. The molecule has 1 aromatic carbocycles. The van der Waals surface area contributed by atoms with Gasteiger partial charge in [0.2, 0.25) is 0 Å². The van der Waals surface area contributed by atoms with E-state index in [1.807, 2.05) is 47.6 Å². The van der Waals surface area contributed by atoms with E-state index < -0.39 is 56.2 Å². The summed E-state index contributed by atoms with van der Waals surface area (Å²) < 4.78 is 30.7. The van der Waals surface area contributed by atoms with Gasteiger partial charge in [-0.1, -0.05) is 51.7 Å². The maximum atomic E-state index is 14.0. The molecule has 9 nitrogen and oxygen atoms in total. The lowest BCUT2D eigenvalue weighted by molar-refractivity contribution is -0.152. The van der Waals surface area contributed by atoms with E-state index in [9.17, 15) is 14.7 Å². The van der Waals surface area contributed by atoms with E-state index in [2.05, 4.69) is 45.7 Å². The molecule has 0 bridgehead atoms. The highest BCUT2D eigenvalue weighted by Gasteiger charge is 2.44. The number of nitrogens with zero attached hydrogens (tertiary/aromatic N) is 1. The second kappa shape index (κ2) is 13.5. The van der Waals surface area contributed by atoms with Gasteiger partial charge in [-0.05, 0) is 72.7 Å². The number of benzene rings is 1. The Labute approximate surface area is 270 Å². The smallest absolute Gasteiger partial charge is 0.414 e. The molecule has 0 aliphatic carbocycles. The minimum Gasteiger partial charge on any atom is -0.543 e. The maximum absolute atomic E-state index is 14.0. The van der Waals surface area contributed by atoms with E-state index in [-0.39, 0.29) is 22.9 Å². The summed E-state index contributed by atoms with van der Waals surface area (Å²) >= 11 is 0. The third-order valence-corrected chi connectivity index (χ3v) is 12.8. The van der Waals surface area contributed by atoms with Crippen LogP contribution < -0.4 is 9.33 Å². The minimum absolute atomic E-state index is 0.183. The van der Waals surface area contributed by atoms with Gasteiger partial charge in [0, 0.05) is 30.5 Å². The fraction of sp³-hybridized carbons (Fsp3) is 0.657. The fourth-order valence-electron chi connectivity index (χ4n) is 4.76. The van der Waals surface area contributed by atoms with Crippen LogP contribution in [0.1, 0.15) is 98.5 Å². The van der Waals surface area contributed by atoms with Crippen molar-refractivity contribution < 1.29 is 38.1 Å². The number of amides is 1. The third-order valence-electron chi connectivity index (χ3n) is 8.43. The minimum atomic E-state index is -2.49. The second-order valence-electron chi connectivity index (χ2n) is 14.9. The molecule has 2 unspecified atom stereocenters. The molecule has 5 atom stereocenters. The summed E-state index contributed by atoms with van der Waals surface area (Å²) in [4.78, 5) is 28.8. The molecule has 2 heterocycles. The third kappa shape index (κ3) is 9.13. The predicted molar refractivity (Wildman–Crippen MR) is 178 cm³/mol. The SMILES string of the molecule is CCN(C(=O)OC(C)(C)C)c1cc2c(c(O[Si](C)(C)C(C)(C)C)c1)C(=O)OC(C)[C@H](C)/C=C\[C@@H](O)[C@H]1OC(C)(C)OC1CC#C2. The summed E-state index contributed by atoms with van der Waals surface area (Å²) in [6.07, 6.45) is 0.564. The van der Waals surface area contributed by atoms with Crippen molar-refractivity contribution in [2.45, 2.75) is 137 Å². The molecule has 250 valence electrons. The van der Waals surface area contributed by atoms with Gasteiger partial charge >= 0.3 is 12.1 Å². The molecule has 1 aromatic rings. The van der Waals surface area contributed by atoms with E-state index in [0.717, 1.165) is 0 Å². The normalized spacial score (nSPS) is 26.3. The van der Waals surface area contributed by atoms with Crippen LogP contribution in [0.25, 0.3) is 0 Å². The first kappa shape index (κ1) is 36.6. The van der Waals surface area contributed by atoms with Crippen molar-refractivity contribution >= 4 is 26.1 Å². The Balaban J connectivity index is 2.28. The summed E-state index contributed by atoms with van der Waals surface area (Å²) in [6, 6.07) is 3.42. The summed E-state index contributed by atoms with van der Waals surface area (Å²) in [7, 11) is -2.49. The molecule has 2 aliphatic heterocycles. The number of ether oxygens (including phenoxy) is 4. The van der Waals surface area contributed by atoms with E-state index in [1.165, 1.54) is 4.90 Å². The Morgan fingerprint density at radius 3 is 2.33 bits per heavy atom. The van der Waals surface area contributed by atoms with E-state index in [0.29, 0.717) is 23.5 Å². The van der Waals surface area contributed by atoms with Crippen molar-refractivity contribution in [3.8, 4) is 17.6 Å². The summed E-state index contributed by atoms with van der Waals surface area (Å²) in [5.74, 6) is 4.94.